The zero-order chi connectivity index (χ0) is 18.0. The second kappa shape index (κ2) is 5.86. The predicted octanol–water partition coefficient (Wildman–Crippen LogP) is 3.29. The molecule has 0 saturated heterocycles. The maximum Gasteiger partial charge on any atom is 0.132 e. The summed E-state index contributed by atoms with van der Waals surface area (Å²) >= 11 is 5.66. The summed E-state index contributed by atoms with van der Waals surface area (Å²) in [6.07, 6.45) is 6.58. The second-order valence-corrected chi connectivity index (χ2v) is 9.99. The van der Waals surface area contributed by atoms with E-state index in [1.807, 2.05) is 0 Å². The van der Waals surface area contributed by atoms with Crippen LogP contribution >= 0.6 is 11.6 Å². The maximum absolute atomic E-state index is 11.2. The summed E-state index contributed by atoms with van der Waals surface area (Å²) in [4.78, 5) is 0. The van der Waals surface area contributed by atoms with Gasteiger partial charge in [0.15, 0.2) is 0 Å². The molecule has 0 aromatic rings. The SMILES string of the molecule is C[C@]12CC[C@H](O)CC1C[C@@H](O)[C@@H]1[C@@H]2CC[C@@]2(C)[C@H]1CC[C@@]2(O)C#CCl. The van der Waals surface area contributed by atoms with Crippen LogP contribution in [0.25, 0.3) is 0 Å². The zero-order valence-corrected chi connectivity index (χ0v) is 16.1. The molecule has 0 heterocycles. The minimum atomic E-state index is -1.02. The first-order chi connectivity index (χ1) is 11.7. The van der Waals surface area contributed by atoms with Gasteiger partial charge in [0.05, 0.1) is 12.2 Å². The molecule has 0 bridgehead atoms. The number of hydrogen-bond donors (Lipinski definition) is 3. The lowest BCUT2D eigenvalue weighted by Crippen LogP contribution is -2.60. The fourth-order valence-corrected chi connectivity index (χ4v) is 7.66. The molecule has 0 radical (unpaired) electrons. The van der Waals surface area contributed by atoms with Crippen LogP contribution in [0.4, 0.5) is 0 Å². The highest BCUT2D eigenvalue weighted by molar-refractivity contribution is 6.30. The van der Waals surface area contributed by atoms with E-state index in [0.29, 0.717) is 24.2 Å². The molecule has 0 aliphatic heterocycles. The molecule has 4 heteroatoms. The first-order valence-electron chi connectivity index (χ1n) is 9.96. The summed E-state index contributed by atoms with van der Waals surface area (Å²) in [7, 11) is 0. The molecule has 3 N–H and O–H groups in total. The van der Waals surface area contributed by atoms with E-state index in [4.69, 9.17) is 11.6 Å². The Morgan fingerprint density at radius 2 is 1.68 bits per heavy atom. The Kier molecular flexibility index (Phi) is 4.25. The first-order valence-corrected chi connectivity index (χ1v) is 10.3. The highest BCUT2D eigenvalue weighted by Crippen LogP contribution is 2.68. The van der Waals surface area contributed by atoms with Crippen LogP contribution in [0, 0.1) is 45.8 Å². The Bertz CT molecular complexity index is 612. The molecule has 0 aromatic heterocycles. The van der Waals surface area contributed by atoms with E-state index in [-0.39, 0.29) is 29.0 Å². The van der Waals surface area contributed by atoms with Gasteiger partial charge in [-0.05, 0) is 92.1 Å². The quantitative estimate of drug-likeness (QED) is 0.576. The van der Waals surface area contributed by atoms with Gasteiger partial charge in [-0.15, -0.1) is 0 Å². The van der Waals surface area contributed by atoms with Gasteiger partial charge in [-0.1, -0.05) is 19.8 Å². The number of aliphatic hydroxyl groups excluding tert-OH is 2. The van der Waals surface area contributed by atoms with Gasteiger partial charge < -0.3 is 15.3 Å². The highest BCUT2D eigenvalue weighted by Gasteiger charge is 2.66. The molecule has 3 nitrogen and oxygen atoms in total. The molecule has 4 aliphatic rings. The van der Waals surface area contributed by atoms with Crippen molar-refractivity contribution in [1.82, 2.24) is 0 Å². The lowest BCUT2D eigenvalue weighted by Gasteiger charge is -2.62. The molecule has 140 valence electrons. The molecule has 4 fully saturated rings. The molecule has 4 rings (SSSR count). The van der Waals surface area contributed by atoms with Crippen molar-refractivity contribution in [2.75, 3.05) is 0 Å². The number of aliphatic hydroxyl groups is 3. The Morgan fingerprint density at radius 3 is 2.40 bits per heavy atom. The van der Waals surface area contributed by atoms with Crippen LogP contribution in [-0.2, 0) is 0 Å². The zero-order valence-electron chi connectivity index (χ0n) is 15.3. The summed E-state index contributed by atoms with van der Waals surface area (Å²) < 4.78 is 0. The van der Waals surface area contributed by atoms with Crippen molar-refractivity contribution in [1.29, 1.82) is 0 Å². The van der Waals surface area contributed by atoms with Crippen LogP contribution in [0.5, 0.6) is 0 Å². The van der Waals surface area contributed by atoms with Crippen LogP contribution in [-0.4, -0.2) is 33.1 Å². The van der Waals surface area contributed by atoms with Gasteiger partial charge in [-0.25, -0.2) is 0 Å². The van der Waals surface area contributed by atoms with E-state index in [0.717, 1.165) is 44.9 Å². The average Bonchev–Trinajstić information content (AvgIpc) is 2.81. The number of rotatable bonds is 0. The number of fused-ring (bicyclic) bond motifs is 5. The van der Waals surface area contributed by atoms with Crippen LogP contribution in [0.15, 0.2) is 0 Å². The predicted molar refractivity (Wildman–Crippen MR) is 97.7 cm³/mol. The highest BCUT2D eigenvalue weighted by atomic mass is 35.5. The normalized spacial score (nSPS) is 57.7. The van der Waals surface area contributed by atoms with Crippen molar-refractivity contribution in [2.45, 2.75) is 83.0 Å². The van der Waals surface area contributed by atoms with E-state index < -0.39 is 5.60 Å². The molecule has 1 unspecified atom stereocenters. The largest absolute Gasteiger partial charge is 0.393 e. The monoisotopic (exact) mass is 366 g/mol. The molecule has 9 atom stereocenters. The molecule has 25 heavy (non-hydrogen) atoms. The van der Waals surface area contributed by atoms with Gasteiger partial charge in [0, 0.05) is 10.8 Å². The van der Waals surface area contributed by atoms with E-state index >= 15 is 0 Å². The minimum Gasteiger partial charge on any atom is -0.393 e. The molecular weight excluding hydrogens is 336 g/mol. The van der Waals surface area contributed by atoms with E-state index in [1.165, 1.54) is 0 Å². The van der Waals surface area contributed by atoms with E-state index in [1.54, 1.807) is 0 Å². The summed E-state index contributed by atoms with van der Waals surface area (Å²) in [5, 5.41) is 34.8. The Balaban J connectivity index is 1.69. The van der Waals surface area contributed by atoms with Gasteiger partial charge in [0.1, 0.15) is 5.60 Å². The van der Waals surface area contributed by atoms with Gasteiger partial charge in [0.25, 0.3) is 0 Å². The standard InChI is InChI=1S/C21H31ClO3/c1-19-6-3-14(23)11-13(19)12-17(24)18-15(19)4-7-20(2)16(18)5-8-21(20,25)9-10-22/h13-18,23-25H,3-8,11-12H2,1-2H3/t13?,14-,15-,16-,17+,18+,19-,20-,21+/m0/s1. The summed E-state index contributed by atoms with van der Waals surface area (Å²) in [5.74, 6) is 4.34. The van der Waals surface area contributed by atoms with Crippen molar-refractivity contribution in [3.05, 3.63) is 0 Å². The molecule has 0 spiro atoms. The minimum absolute atomic E-state index is 0.203. The number of halogens is 1. The Hall–Kier alpha value is -0.270. The lowest BCUT2D eigenvalue weighted by molar-refractivity contribution is -0.183. The van der Waals surface area contributed by atoms with Gasteiger partial charge in [0.2, 0.25) is 0 Å². The Morgan fingerprint density at radius 1 is 0.960 bits per heavy atom. The van der Waals surface area contributed by atoms with Crippen molar-refractivity contribution >= 4 is 11.6 Å². The third-order valence-corrected chi connectivity index (χ3v) is 9.16. The molecule has 0 aromatic carbocycles. The Labute approximate surface area is 156 Å². The molecule has 0 amide bonds. The smallest absolute Gasteiger partial charge is 0.132 e. The van der Waals surface area contributed by atoms with Gasteiger partial charge >= 0.3 is 0 Å². The van der Waals surface area contributed by atoms with Crippen LogP contribution < -0.4 is 0 Å². The molecule has 4 saturated carbocycles. The van der Waals surface area contributed by atoms with Crippen LogP contribution in [0.3, 0.4) is 0 Å². The van der Waals surface area contributed by atoms with Gasteiger partial charge in [-0.3, -0.25) is 0 Å². The fourth-order valence-electron chi connectivity index (χ4n) is 7.50. The van der Waals surface area contributed by atoms with E-state index in [9.17, 15) is 15.3 Å². The van der Waals surface area contributed by atoms with Crippen molar-refractivity contribution < 1.29 is 15.3 Å². The van der Waals surface area contributed by atoms with Crippen LogP contribution in [0.1, 0.15) is 65.2 Å². The topological polar surface area (TPSA) is 60.7 Å². The van der Waals surface area contributed by atoms with Crippen LogP contribution in [0.2, 0.25) is 0 Å². The molecule has 4 aliphatic carbocycles. The van der Waals surface area contributed by atoms with Crippen molar-refractivity contribution in [3.8, 4) is 11.3 Å². The van der Waals surface area contributed by atoms with Gasteiger partial charge in [-0.2, -0.15) is 0 Å². The lowest BCUT2D eigenvalue weighted by atomic mass is 9.43. The summed E-state index contributed by atoms with van der Waals surface area (Å²) in [6, 6.07) is 0. The second-order valence-electron chi connectivity index (χ2n) is 9.80. The number of hydrogen-bond acceptors (Lipinski definition) is 3. The first kappa shape index (κ1) is 18.1. The third-order valence-electron chi connectivity index (χ3n) is 9.06. The maximum atomic E-state index is 11.2. The summed E-state index contributed by atoms with van der Waals surface area (Å²) in [5.41, 5.74) is -1.09. The average molecular weight is 367 g/mol. The fraction of sp³-hybridized carbons (Fsp3) is 0.905. The van der Waals surface area contributed by atoms with Crippen molar-refractivity contribution in [2.24, 2.45) is 34.5 Å². The molecular formula is C21H31ClO3. The third kappa shape index (κ3) is 2.37. The summed E-state index contributed by atoms with van der Waals surface area (Å²) in [6.45, 7) is 4.56. The van der Waals surface area contributed by atoms with Crippen molar-refractivity contribution in [3.63, 3.8) is 0 Å². The van der Waals surface area contributed by atoms with E-state index in [2.05, 4.69) is 25.1 Å².